The SMILES string of the molecule is COCCNC(=O)c1nnc2n1CC1(CC2)CCN(Cc2cnn(C(C)C)c2)CC1.O=C(O)C(F)(F)F. The summed E-state index contributed by atoms with van der Waals surface area (Å²) in [5.41, 5.74) is 1.51. The molecular formula is C23H34F3N7O4. The highest BCUT2D eigenvalue weighted by Crippen LogP contribution is 2.41. The van der Waals surface area contributed by atoms with Crippen molar-refractivity contribution in [1.82, 2.24) is 34.8 Å². The van der Waals surface area contributed by atoms with Crippen molar-refractivity contribution in [2.45, 2.75) is 64.8 Å². The number of ether oxygens (including phenoxy) is 1. The second-order valence-corrected chi connectivity index (χ2v) is 9.78. The molecule has 2 aliphatic rings. The molecule has 0 unspecified atom stereocenters. The normalized spacial score (nSPS) is 17.3. The number of amides is 1. The number of nitrogens with zero attached hydrogens (tertiary/aromatic N) is 6. The zero-order valence-corrected chi connectivity index (χ0v) is 21.3. The molecule has 0 atom stereocenters. The number of carbonyl (C=O) groups excluding carboxylic acids is 1. The minimum Gasteiger partial charge on any atom is -0.475 e. The lowest BCUT2D eigenvalue weighted by Crippen LogP contribution is -2.44. The predicted octanol–water partition coefficient (Wildman–Crippen LogP) is 2.29. The van der Waals surface area contributed by atoms with Crippen molar-refractivity contribution in [3.05, 3.63) is 29.6 Å². The van der Waals surface area contributed by atoms with Crippen LogP contribution in [-0.2, 0) is 29.0 Å². The molecule has 1 fully saturated rings. The molecule has 1 spiro atoms. The van der Waals surface area contributed by atoms with Crippen molar-refractivity contribution in [2.75, 3.05) is 33.4 Å². The summed E-state index contributed by atoms with van der Waals surface area (Å²) >= 11 is 0. The summed E-state index contributed by atoms with van der Waals surface area (Å²) in [5, 5.41) is 22.9. The van der Waals surface area contributed by atoms with Gasteiger partial charge in [0.25, 0.3) is 5.91 Å². The molecule has 0 radical (unpaired) electrons. The van der Waals surface area contributed by atoms with Crippen molar-refractivity contribution in [3.8, 4) is 0 Å². The summed E-state index contributed by atoms with van der Waals surface area (Å²) in [6.45, 7) is 9.19. The van der Waals surface area contributed by atoms with Crippen LogP contribution in [0.4, 0.5) is 13.2 Å². The van der Waals surface area contributed by atoms with Gasteiger partial charge in [0.15, 0.2) is 0 Å². The second kappa shape index (κ2) is 12.0. The van der Waals surface area contributed by atoms with Crippen molar-refractivity contribution in [2.24, 2.45) is 5.41 Å². The summed E-state index contributed by atoms with van der Waals surface area (Å²) in [6.07, 6.45) is 3.34. The predicted molar refractivity (Wildman–Crippen MR) is 126 cm³/mol. The fourth-order valence-corrected chi connectivity index (χ4v) is 4.58. The van der Waals surface area contributed by atoms with Crippen LogP contribution in [0.1, 0.15) is 61.2 Å². The maximum Gasteiger partial charge on any atom is 0.490 e. The first-order valence-electron chi connectivity index (χ1n) is 12.2. The van der Waals surface area contributed by atoms with Crippen molar-refractivity contribution < 1.29 is 32.6 Å². The first kappa shape index (κ1) is 28.6. The molecule has 37 heavy (non-hydrogen) atoms. The molecule has 0 saturated carbocycles. The molecule has 2 aliphatic heterocycles. The van der Waals surface area contributed by atoms with E-state index in [0.717, 1.165) is 57.7 Å². The third-order valence-corrected chi connectivity index (χ3v) is 6.74. The average Bonchev–Trinajstić information content (AvgIpc) is 3.48. The third kappa shape index (κ3) is 7.51. The lowest BCUT2D eigenvalue weighted by molar-refractivity contribution is -0.192. The van der Waals surface area contributed by atoms with Crippen LogP contribution in [-0.4, -0.2) is 86.0 Å². The van der Waals surface area contributed by atoms with Gasteiger partial charge in [-0.3, -0.25) is 14.4 Å². The molecule has 0 aliphatic carbocycles. The van der Waals surface area contributed by atoms with Crippen LogP contribution < -0.4 is 5.32 Å². The Morgan fingerprint density at radius 2 is 1.89 bits per heavy atom. The van der Waals surface area contributed by atoms with Gasteiger partial charge < -0.3 is 19.7 Å². The van der Waals surface area contributed by atoms with Crippen molar-refractivity contribution in [3.63, 3.8) is 0 Å². The second-order valence-electron chi connectivity index (χ2n) is 9.78. The fourth-order valence-electron chi connectivity index (χ4n) is 4.58. The van der Waals surface area contributed by atoms with Gasteiger partial charge in [0.1, 0.15) is 5.82 Å². The van der Waals surface area contributed by atoms with E-state index >= 15 is 0 Å². The number of fused-ring (bicyclic) bond motifs is 1. The number of alkyl halides is 3. The topological polar surface area (TPSA) is 127 Å². The number of carbonyl (C=O) groups is 2. The van der Waals surface area contributed by atoms with Crippen LogP contribution in [0.3, 0.4) is 0 Å². The number of nitrogens with one attached hydrogen (secondary N) is 1. The first-order valence-corrected chi connectivity index (χ1v) is 12.2. The third-order valence-electron chi connectivity index (χ3n) is 6.74. The molecule has 11 nitrogen and oxygen atoms in total. The smallest absolute Gasteiger partial charge is 0.475 e. The van der Waals surface area contributed by atoms with Crippen LogP contribution in [0.2, 0.25) is 0 Å². The molecular weight excluding hydrogens is 495 g/mol. The van der Waals surface area contributed by atoms with Gasteiger partial charge in [0.05, 0.1) is 12.8 Å². The number of likely N-dealkylation sites (tertiary alicyclic amines) is 1. The Bertz CT molecular complexity index is 1060. The molecule has 2 N–H and O–H groups in total. The lowest BCUT2D eigenvalue weighted by atomic mass is 9.73. The highest BCUT2D eigenvalue weighted by Gasteiger charge is 2.40. The van der Waals surface area contributed by atoms with Gasteiger partial charge in [-0.15, -0.1) is 10.2 Å². The fraction of sp³-hybridized carbons (Fsp3) is 0.696. The van der Waals surface area contributed by atoms with E-state index in [9.17, 15) is 18.0 Å². The molecule has 4 rings (SSSR count). The van der Waals surface area contributed by atoms with E-state index in [1.54, 1.807) is 7.11 Å². The Morgan fingerprint density at radius 3 is 2.46 bits per heavy atom. The number of hydrogen-bond acceptors (Lipinski definition) is 7. The highest BCUT2D eigenvalue weighted by molar-refractivity contribution is 5.90. The minimum absolute atomic E-state index is 0.164. The van der Waals surface area contributed by atoms with Gasteiger partial charge in [-0.2, -0.15) is 18.3 Å². The quantitative estimate of drug-likeness (QED) is 0.523. The molecule has 1 saturated heterocycles. The summed E-state index contributed by atoms with van der Waals surface area (Å²) in [7, 11) is 1.62. The van der Waals surface area contributed by atoms with Crippen LogP contribution in [0, 0.1) is 5.41 Å². The summed E-state index contributed by atoms with van der Waals surface area (Å²) in [5.74, 6) is -1.56. The molecule has 4 heterocycles. The number of halogens is 3. The van der Waals surface area contributed by atoms with Gasteiger partial charge in [0.2, 0.25) is 5.82 Å². The van der Waals surface area contributed by atoms with Crippen LogP contribution in [0.5, 0.6) is 0 Å². The van der Waals surface area contributed by atoms with Crippen LogP contribution in [0.15, 0.2) is 12.4 Å². The monoisotopic (exact) mass is 529 g/mol. The van der Waals surface area contributed by atoms with Crippen molar-refractivity contribution >= 4 is 11.9 Å². The minimum atomic E-state index is -5.08. The number of carboxylic acid groups (broad SMARTS) is 1. The Labute approximate surface area is 213 Å². The Balaban J connectivity index is 0.000000479. The molecule has 2 aromatic rings. The van der Waals surface area contributed by atoms with Gasteiger partial charge in [-0.05, 0) is 51.6 Å². The largest absolute Gasteiger partial charge is 0.490 e. The van der Waals surface area contributed by atoms with E-state index in [-0.39, 0.29) is 11.3 Å². The van der Waals surface area contributed by atoms with E-state index in [0.29, 0.717) is 25.0 Å². The molecule has 206 valence electrons. The van der Waals surface area contributed by atoms with Gasteiger partial charge in [-0.25, -0.2) is 4.79 Å². The van der Waals surface area contributed by atoms with Gasteiger partial charge in [-0.1, -0.05) is 0 Å². The maximum atomic E-state index is 12.5. The molecule has 0 aromatic carbocycles. The number of piperidine rings is 1. The summed E-state index contributed by atoms with van der Waals surface area (Å²) < 4.78 is 40.8. The molecule has 14 heteroatoms. The van der Waals surface area contributed by atoms with E-state index in [4.69, 9.17) is 14.6 Å². The van der Waals surface area contributed by atoms with Crippen molar-refractivity contribution in [1.29, 1.82) is 0 Å². The lowest BCUT2D eigenvalue weighted by Gasteiger charge is -2.44. The van der Waals surface area contributed by atoms with E-state index in [1.807, 2.05) is 15.4 Å². The number of aromatic nitrogens is 5. The zero-order valence-electron chi connectivity index (χ0n) is 21.3. The number of aryl methyl sites for hydroxylation is 1. The standard InChI is InChI=1S/C21H33N7O2.C2HF3O2/c1-16(2)28-14-17(12-23-28)13-26-9-6-21(7-10-26)5-4-18-24-25-19(27(18)15-21)20(29)22-8-11-30-3;3-2(4,5)1(6)7/h12,14,16H,4-11,13,15H2,1-3H3,(H,22,29);(H,6,7). The first-order chi connectivity index (χ1) is 17.4. The number of aliphatic carboxylic acids is 1. The molecule has 2 aromatic heterocycles. The highest BCUT2D eigenvalue weighted by atomic mass is 19.4. The zero-order chi connectivity index (χ0) is 27.2. The van der Waals surface area contributed by atoms with E-state index < -0.39 is 12.1 Å². The van der Waals surface area contributed by atoms with Gasteiger partial charge in [0, 0.05) is 51.0 Å². The van der Waals surface area contributed by atoms with Crippen LogP contribution in [0.25, 0.3) is 0 Å². The maximum absolute atomic E-state index is 12.5. The number of methoxy groups -OCH3 is 1. The summed E-state index contributed by atoms with van der Waals surface area (Å²) in [4.78, 5) is 23.9. The van der Waals surface area contributed by atoms with E-state index in [1.165, 1.54) is 5.56 Å². The molecule has 1 amide bonds. The molecule has 0 bridgehead atoms. The van der Waals surface area contributed by atoms with Gasteiger partial charge >= 0.3 is 12.1 Å². The van der Waals surface area contributed by atoms with E-state index in [2.05, 4.69) is 45.6 Å². The Kier molecular flexibility index (Phi) is 9.29. The number of carboxylic acids is 1. The Hall–Kier alpha value is -3.00. The average molecular weight is 530 g/mol. The van der Waals surface area contributed by atoms with Crippen LogP contribution >= 0.6 is 0 Å². The Morgan fingerprint density at radius 1 is 1.22 bits per heavy atom. The summed E-state index contributed by atoms with van der Waals surface area (Å²) in [6, 6.07) is 0.393. The number of hydrogen-bond donors (Lipinski definition) is 2. The number of rotatable bonds is 7.